The average Bonchev–Trinajstić information content (AvgIpc) is 1.59. The number of ketones is 2. The van der Waals surface area contributed by atoms with Crippen LogP contribution in [0.4, 0.5) is 9.59 Å². The molecule has 11 N–H and O–H groups in total. The number of carboxylic acids is 2. The molecule has 758 valence electrons. The summed E-state index contributed by atoms with van der Waals surface area (Å²) in [5, 5.41) is 75.2. The van der Waals surface area contributed by atoms with E-state index >= 15 is 0 Å². The minimum absolute atomic E-state index is 0. The van der Waals surface area contributed by atoms with Crippen LogP contribution in [0.1, 0.15) is 266 Å². The Kier molecular flexibility index (Phi) is 50.6. The Morgan fingerprint density at radius 3 is 1.19 bits per heavy atom. The number of hydrogen-bond acceptors (Lipinski definition) is 26. The molecule has 136 heavy (non-hydrogen) atoms. The van der Waals surface area contributed by atoms with Gasteiger partial charge in [0.05, 0.1) is 64.0 Å². The number of amides is 5. The van der Waals surface area contributed by atoms with Crippen LogP contribution >= 0.6 is 35.6 Å². The first-order valence-corrected chi connectivity index (χ1v) is 47.3. The zero-order valence-corrected chi connectivity index (χ0v) is 82.5. The molecule has 33 nitrogen and oxygen atoms in total. The fourth-order valence-electron chi connectivity index (χ4n) is 17.4. The first-order chi connectivity index (χ1) is 63.5. The van der Waals surface area contributed by atoms with Crippen LogP contribution < -0.4 is 21.7 Å². The van der Waals surface area contributed by atoms with Gasteiger partial charge in [0.1, 0.15) is 36.9 Å². The molecular formula is C100H147Cl3N8O25. The molecule has 5 amide bonds. The van der Waals surface area contributed by atoms with Crippen LogP contribution in [0.3, 0.4) is 0 Å². The van der Waals surface area contributed by atoms with Gasteiger partial charge in [-0.05, 0) is 83.7 Å². The molecule has 2 aliphatic carbocycles. The Morgan fingerprint density at radius 1 is 0.493 bits per heavy atom. The monoisotopic (exact) mass is 1960 g/mol. The van der Waals surface area contributed by atoms with Crippen molar-refractivity contribution in [2.45, 2.75) is 329 Å². The van der Waals surface area contributed by atoms with E-state index in [4.69, 9.17) is 63.0 Å². The predicted molar refractivity (Wildman–Crippen MR) is 517 cm³/mol. The fraction of sp³-hybridized carbons (Fsp3) is 0.620. The van der Waals surface area contributed by atoms with Gasteiger partial charge in [-0.15, -0.1) is 12.4 Å². The zero-order chi connectivity index (χ0) is 99.2. The lowest BCUT2D eigenvalue weighted by molar-refractivity contribution is -0.153. The number of halogens is 3. The van der Waals surface area contributed by atoms with Gasteiger partial charge in [0.25, 0.3) is 0 Å². The molecule has 4 heterocycles. The number of likely N-dealkylation sites (tertiary alicyclic amines) is 2. The van der Waals surface area contributed by atoms with E-state index in [2.05, 4.69) is 35.7 Å². The maximum atomic E-state index is 14.5. The van der Waals surface area contributed by atoms with Gasteiger partial charge in [-0.1, -0.05) is 285 Å². The Bertz CT molecular complexity index is 4550. The van der Waals surface area contributed by atoms with Crippen molar-refractivity contribution in [1.29, 1.82) is 0 Å². The molecule has 2 saturated heterocycles. The molecule has 14 atom stereocenters. The number of rotatable bonds is 37. The molecule has 4 unspecified atom stereocenters. The highest BCUT2D eigenvalue weighted by Crippen LogP contribution is 2.45. The summed E-state index contributed by atoms with van der Waals surface area (Å²) in [6.07, 6.45) is 10.8. The number of aliphatic hydroxyl groups is 4. The van der Waals surface area contributed by atoms with E-state index in [1.807, 2.05) is 154 Å². The van der Waals surface area contributed by atoms with Gasteiger partial charge in [0, 0.05) is 90.4 Å². The second-order valence-corrected chi connectivity index (χ2v) is 38.6. The quantitative estimate of drug-likeness (QED) is 0.0148. The van der Waals surface area contributed by atoms with E-state index in [0.717, 1.165) is 80.0 Å². The molecule has 4 fully saturated rings. The number of methoxy groups -OCH3 is 3. The van der Waals surface area contributed by atoms with Gasteiger partial charge in [-0.25, -0.2) is 33.6 Å². The van der Waals surface area contributed by atoms with Gasteiger partial charge in [-0.3, -0.25) is 24.0 Å². The highest BCUT2D eigenvalue weighted by Gasteiger charge is 2.58. The number of aliphatic carboxylic acids is 2. The Balaban J connectivity index is 0.000000381. The van der Waals surface area contributed by atoms with Crippen LogP contribution in [0, 0.1) is 34.5 Å². The lowest BCUT2D eigenvalue weighted by Gasteiger charge is -2.35. The number of Topliss-reactive ketones (excluding diaryl/α,β-unsaturated/α-hetero) is 2. The first-order valence-electron chi connectivity index (χ1n) is 46.6. The normalized spacial score (nSPS) is 20.0. The van der Waals surface area contributed by atoms with E-state index in [9.17, 15) is 78.0 Å². The van der Waals surface area contributed by atoms with Crippen molar-refractivity contribution in [3.63, 3.8) is 0 Å². The number of carboxylic acid groups (broad SMARTS) is 2. The topological polar surface area (TPSA) is 484 Å². The first kappa shape index (κ1) is 118. The Hall–Kier alpha value is -9.87. The number of nitrogens with one attached hydrogen (secondary N) is 3. The van der Waals surface area contributed by atoms with Crippen molar-refractivity contribution >= 4 is 118 Å². The van der Waals surface area contributed by atoms with E-state index in [1.165, 1.54) is 44.0 Å². The summed E-state index contributed by atoms with van der Waals surface area (Å²) in [5.74, 6) is -6.14. The van der Waals surface area contributed by atoms with Crippen LogP contribution in [0.15, 0.2) is 120 Å². The second kappa shape index (κ2) is 58.1. The van der Waals surface area contributed by atoms with Crippen molar-refractivity contribution in [3.8, 4) is 0 Å². The number of nitrogens with zero attached hydrogens (tertiary/aromatic N) is 4. The molecule has 2 spiro atoms. The van der Waals surface area contributed by atoms with E-state index in [1.54, 1.807) is 24.3 Å². The lowest BCUT2D eigenvalue weighted by Crippen LogP contribution is -2.55. The van der Waals surface area contributed by atoms with E-state index in [-0.39, 0.29) is 95.2 Å². The molecule has 36 heteroatoms. The summed E-state index contributed by atoms with van der Waals surface area (Å²) in [6.45, 7) is 19.6. The van der Waals surface area contributed by atoms with E-state index < -0.39 is 142 Å². The minimum Gasteiger partial charge on any atom is -0.480 e. The van der Waals surface area contributed by atoms with Crippen LogP contribution in [-0.4, -0.2) is 229 Å². The third-order valence-corrected chi connectivity index (χ3v) is 25.4. The average molecular weight is 1970 g/mol. The number of esters is 3. The summed E-state index contributed by atoms with van der Waals surface area (Å²) < 4.78 is 23.5. The zero-order valence-electron chi connectivity index (χ0n) is 80.2. The molecule has 6 aliphatic rings. The maximum Gasteiger partial charge on any atom is 0.407 e. The van der Waals surface area contributed by atoms with Crippen molar-refractivity contribution in [3.05, 3.63) is 141 Å². The van der Waals surface area contributed by atoms with E-state index in [0.29, 0.717) is 104 Å². The Morgan fingerprint density at radius 2 is 0.846 bits per heavy atom. The van der Waals surface area contributed by atoms with Gasteiger partial charge in [0.2, 0.25) is 17.7 Å². The molecule has 0 aromatic heterocycles. The highest BCUT2D eigenvalue weighted by atomic mass is 35.5. The van der Waals surface area contributed by atoms with Crippen molar-refractivity contribution in [2.75, 3.05) is 34.4 Å². The molecule has 4 aliphatic heterocycles. The molecule has 4 aromatic rings. The van der Waals surface area contributed by atoms with Crippen molar-refractivity contribution in [1.82, 2.24) is 25.8 Å². The smallest absolute Gasteiger partial charge is 0.407 e. The lowest BCUT2D eigenvalue weighted by atomic mass is 9.75. The SMILES string of the molecule is C.CC(C)(C)[C@H](CC(=O)CC1CCCCC1)C(=O)N1C[C@@]2(CC(c3cccc(Cl)c3)=NO2)C[C@H]1C(=O)O.CCC[C@H](N)C(O)C(=O)OC.CCC[C@H](NC(=O)OCc1ccccc1)C(O)C(=O)O.CCC[C@H](NC(=O)OCc1ccccc1)C(O)C(=O)OC.CCC[C@H](NC(=O)[C@@H]1C[C@]2(CC(c3cccc(Cl)c3)=NO2)CN1C(=O)[C@@H](CC(=O)CC1CCCCC1)C(C)(C)C)C(O)C(=O)OC.Cl. The summed E-state index contributed by atoms with van der Waals surface area (Å²) in [6, 6.07) is 27.9. The summed E-state index contributed by atoms with van der Waals surface area (Å²) in [4.78, 5) is 164. The number of alkyl carbamates (subject to hydrolysis) is 2. The number of benzene rings is 4. The number of carbonyl (C=O) groups is 12. The number of oxime groups is 2. The number of carbonyl (C=O) groups excluding carboxylic acids is 10. The summed E-state index contributed by atoms with van der Waals surface area (Å²) in [7, 11) is 3.58. The largest absolute Gasteiger partial charge is 0.480 e. The maximum absolute atomic E-state index is 14.5. The number of hydrogen-bond donors (Lipinski definition) is 10. The van der Waals surface area contributed by atoms with Gasteiger partial charge >= 0.3 is 42.0 Å². The highest BCUT2D eigenvalue weighted by molar-refractivity contribution is 6.31. The molecule has 2 saturated carbocycles. The third-order valence-electron chi connectivity index (χ3n) is 24.9. The molecule has 4 aromatic carbocycles. The molecular weight excluding hydrogens is 1820 g/mol. The van der Waals surface area contributed by atoms with Gasteiger partial charge in [0.15, 0.2) is 35.6 Å². The standard InChI is InChI=1S/C35H50ClN3O7.C28H37ClN2O5.C15H21NO5.C14H19NO5.C7H15NO3.CH4.ClH/c1-6-11-27(30(41)33(44)45-5)37-31(42)29-20-35(19-28(38-46-35)23-14-10-15-24(36)17-23)21-39(29)32(43)26(34(2,3)4)18-25(40)16-22-12-8-7-9-13-22;1-27(2,3)22(14-21(32)12-18-8-5-4-6-9-18)25(33)31-17-28(16-24(31)26(34)35)15-23(30-36-28)19-10-7-11-20(29)13-19;1-3-7-12(13(17)14(18)20-2)16-15(19)21-10-11-8-5-4-6-9-11;1-2-6-11(12(16)13(17)18)15-14(19)20-9-10-7-4-3-5-8-10;1-3-4-5(8)6(9)7(10)11-2;;/h10,14-15,17,22,26-27,29-30,41H,6-9,11-13,16,18-21H2,1-5H3,(H,37,42);7,10-11,13,18,22,24H,4-6,8-9,12,14-17H2,1-3H3,(H,34,35);4-6,8-9,12-13,17H,3,7,10H2,1-2H3,(H,16,19);3-5,7-8,11-12,16H,2,6,9H2,1H3,(H,15,19)(H,17,18);5-6,9H,3-4,8H2,1-2H3;1H4;1H/t26-,27+,29+,30?,35-;22-,24+,28-;12-,13?;11-,12?;5-,6?;;/m11000../s1. The van der Waals surface area contributed by atoms with Crippen LogP contribution in [-0.2, 0) is 94.5 Å². The third kappa shape index (κ3) is 37.5. The summed E-state index contributed by atoms with van der Waals surface area (Å²) in [5.41, 5.74) is 7.18. The minimum atomic E-state index is -1.64. The van der Waals surface area contributed by atoms with Crippen LogP contribution in [0.25, 0.3) is 0 Å². The molecule has 10 rings (SSSR count). The van der Waals surface area contributed by atoms with Crippen LogP contribution in [0.5, 0.6) is 0 Å². The number of ether oxygens (including phenoxy) is 5. The predicted octanol–water partition coefficient (Wildman–Crippen LogP) is 14.5. The van der Waals surface area contributed by atoms with Gasteiger partial charge in [-0.2, -0.15) is 0 Å². The molecule has 0 radical (unpaired) electrons. The number of aliphatic hydroxyl groups excluding tert-OH is 4. The Labute approximate surface area is 816 Å². The summed E-state index contributed by atoms with van der Waals surface area (Å²) >= 11 is 12.4. The van der Waals surface area contributed by atoms with Crippen molar-refractivity contribution < 1.29 is 122 Å². The molecule has 0 bridgehead atoms. The van der Waals surface area contributed by atoms with Crippen molar-refractivity contribution in [2.24, 2.45) is 50.5 Å². The second-order valence-electron chi connectivity index (χ2n) is 37.7. The number of nitrogens with two attached hydrogens (primary N) is 1. The fourth-order valence-corrected chi connectivity index (χ4v) is 17.7. The van der Waals surface area contributed by atoms with Gasteiger partial charge < -0.3 is 95.5 Å². The van der Waals surface area contributed by atoms with Crippen LogP contribution in [0.2, 0.25) is 10.0 Å².